The lowest BCUT2D eigenvalue weighted by Crippen LogP contribution is -2.36. The summed E-state index contributed by atoms with van der Waals surface area (Å²) in [6, 6.07) is 0. The van der Waals surface area contributed by atoms with Crippen LogP contribution in [0.5, 0.6) is 0 Å². The topological polar surface area (TPSA) is 32.3 Å². The minimum absolute atomic E-state index is 0.323. The Morgan fingerprint density at radius 3 is 2.64 bits per heavy atom. The lowest BCUT2D eigenvalue weighted by Gasteiger charge is -2.25. The maximum absolute atomic E-state index is 11.8. The van der Waals surface area contributed by atoms with Crippen LogP contribution in [0.4, 0.5) is 0 Å². The first kappa shape index (κ1) is 11.5. The molecular formula is C11H22N2O. The largest absolute Gasteiger partial charge is 0.343 e. The summed E-state index contributed by atoms with van der Waals surface area (Å²) < 4.78 is 0. The van der Waals surface area contributed by atoms with Crippen molar-refractivity contribution in [2.45, 2.75) is 33.1 Å². The maximum Gasteiger partial charge on any atom is 0.222 e. The molecule has 3 heteroatoms. The molecule has 14 heavy (non-hydrogen) atoms. The van der Waals surface area contributed by atoms with Gasteiger partial charge in [-0.2, -0.15) is 0 Å². The Morgan fingerprint density at radius 1 is 1.43 bits per heavy atom. The number of hydrogen-bond acceptors (Lipinski definition) is 2. The minimum Gasteiger partial charge on any atom is -0.343 e. The second kappa shape index (κ2) is 6.02. The van der Waals surface area contributed by atoms with Crippen LogP contribution in [0, 0.1) is 5.92 Å². The molecule has 1 amide bonds. The van der Waals surface area contributed by atoms with Crippen molar-refractivity contribution in [3.63, 3.8) is 0 Å². The zero-order valence-corrected chi connectivity index (χ0v) is 9.38. The number of carbonyl (C=O) groups is 1. The van der Waals surface area contributed by atoms with Crippen LogP contribution in [-0.4, -0.2) is 37.0 Å². The molecule has 3 nitrogen and oxygen atoms in total. The number of rotatable bonds is 4. The van der Waals surface area contributed by atoms with E-state index in [-0.39, 0.29) is 0 Å². The first-order valence-corrected chi connectivity index (χ1v) is 5.76. The molecule has 1 unspecified atom stereocenters. The molecule has 1 fully saturated rings. The van der Waals surface area contributed by atoms with Gasteiger partial charge >= 0.3 is 0 Å². The first-order valence-electron chi connectivity index (χ1n) is 5.76. The molecule has 0 aromatic heterocycles. The Morgan fingerprint density at radius 2 is 2.14 bits per heavy atom. The van der Waals surface area contributed by atoms with Crippen LogP contribution in [0.15, 0.2) is 0 Å². The van der Waals surface area contributed by atoms with E-state index in [9.17, 15) is 4.79 Å². The normalized spacial score (nSPS) is 22.0. The van der Waals surface area contributed by atoms with Crippen molar-refractivity contribution in [1.29, 1.82) is 0 Å². The van der Waals surface area contributed by atoms with Gasteiger partial charge in [0.25, 0.3) is 0 Å². The second-order valence-electron chi connectivity index (χ2n) is 3.98. The maximum atomic E-state index is 11.8. The van der Waals surface area contributed by atoms with Crippen LogP contribution in [-0.2, 0) is 4.79 Å². The lowest BCUT2D eigenvalue weighted by molar-refractivity contribution is -0.131. The van der Waals surface area contributed by atoms with Gasteiger partial charge in [0.1, 0.15) is 0 Å². The molecular weight excluding hydrogens is 176 g/mol. The smallest absolute Gasteiger partial charge is 0.222 e. The molecule has 0 spiro atoms. The van der Waals surface area contributed by atoms with Gasteiger partial charge in [0.2, 0.25) is 5.91 Å². The Labute approximate surface area is 86.9 Å². The van der Waals surface area contributed by atoms with Crippen molar-refractivity contribution in [2.75, 3.05) is 26.2 Å². The molecule has 1 atom stereocenters. The molecule has 1 rings (SSSR count). The number of amides is 1. The quantitative estimate of drug-likeness (QED) is 0.737. The van der Waals surface area contributed by atoms with Gasteiger partial charge in [0.05, 0.1) is 0 Å². The van der Waals surface area contributed by atoms with E-state index in [1.165, 1.54) is 12.8 Å². The van der Waals surface area contributed by atoms with Crippen LogP contribution < -0.4 is 5.32 Å². The number of nitrogens with zero attached hydrogens (tertiary/aromatic N) is 1. The minimum atomic E-state index is 0.323. The lowest BCUT2D eigenvalue weighted by atomic mass is 9.95. The molecule has 0 bridgehead atoms. The number of hydrogen-bond donors (Lipinski definition) is 1. The molecule has 82 valence electrons. The fourth-order valence-corrected chi connectivity index (χ4v) is 2.05. The Kier molecular flexibility index (Phi) is 4.94. The molecule has 1 aliphatic rings. The van der Waals surface area contributed by atoms with Crippen molar-refractivity contribution < 1.29 is 4.79 Å². The van der Waals surface area contributed by atoms with Crippen molar-refractivity contribution in [3.05, 3.63) is 0 Å². The summed E-state index contributed by atoms with van der Waals surface area (Å²) in [5.74, 6) is 0.889. The van der Waals surface area contributed by atoms with Crippen molar-refractivity contribution in [3.8, 4) is 0 Å². The fraction of sp³-hybridized carbons (Fsp3) is 0.909. The van der Waals surface area contributed by atoms with E-state index in [0.717, 1.165) is 32.6 Å². The van der Waals surface area contributed by atoms with E-state index in [1.54, 1.807) is 0 Å². The SMILES string of the molecule is CCN(CC)C(=O)CC1CCCNC1. The average Bonchev–Trinajstić information content (AvgIpc) is 2.21. The van der Waals surface area contributed by atoms with Gasteiger partial charge in [-0.05, 0) is 45.7 Å². The third-order valence-corrected chi connectivity index (χ3v) is 2.98. The number of carbonyl (C=O) groups excluding carboxylic acids is 1. The van der Waals surface area contributed by atoms with E-state index in [4.69, 9.17) is 0 Å². The van der Waals surface area contributed by atoms with Crippen molar-refractivity contribution in [1.82, 2.24) is 10.2 Å². The Bertz CT molecular complexity index is 172. The monoisotopic (exact) mass is 198 g/mol. The molecule has 0 aromatic rings. The van der Waals surface area contributed by atoms with Crippen LogP contribution in [0.1, 0.15) is 33.1 Å². The zero-order chi connectivity index (χ0) is 10.4. The van der Waals surface area contributed by atoms with Crippen LogP contribution in [0.25, 0.3) is 0 Å². The summed E-state index contributed by atoms with van der Waals surface area (Å²) >= 11 is 0. The first-order chi connectivity index (χ1) is 6.77. The highest BCUT2D eigenvalue weighted by Gasteiger charge is 2.18. The van der Waals surface area contributed by atoms with Gasteiger partial charge in [0.15, 0.2) is 0 Å². The van der Waals surface area contributed by atoms with Crippen molar-refractivity contribution in [2.24, 2.45) is 5.92 Å². The molecule has 1 aliphatic heterocycles. The second-order valence-corrected chi connectivity index (χ2v) is 3.98. The molecule has 0 aliphatic carbocycles. The third-order valence-electron chi connectivity index (χ3n) is 2.98. The Hall–Kier alpha value is -0.570. The van der Waals surface area contributed by atoms with Gasteiger partial charge in [-0.3, -0.25) is 4.79 Å². The Balaban J connectivity index is 2.30. The molecule has 0 radical (unpaired) electrons. The van der Waals surface area contributed by atoms with E-state index >= 15 is 0 Å². The van der Waals surface area contributed by atoms with E-state index in [1.807, 2.05) is 18.7 Å². The van der Waals surface area contributed by atoms with Gasteiger partial charge in [-0.1, -0.05) is 0 Å². The van der Waals surface area contributed by atoms with Gasteiger partial charge in [-0.25, -0.2) is 0 Å². The zero-order valence-electron chi connectivity index (χ0n) is 9.38. The van der Waals surface area contributed by atoms with Gasteiger partial charge in [-0.15, -0.1) is 0 Å². The summed E-state index contributed by atoms with van der Waals surface area (Å²) in [5, 5.41) is 3.34. The summed E-state index contributed by atoms with van der Waals surface area (Å²) in [4.78, 5) is 13.7. The van der Waals surface area contributed by atoms with Crippen LogP contribution in [0.2, 0.25) is 0 Å². The molecule has 0 saturated carbocycles. The predicted molar refractivity (Wildman–Crippen MR) is 58.1 cm³/mol. The van der Waals surface area contributed by atoms with Crippen LogP contribution >= 0.6 is 0 Å². The standard InChI is InChI=1S/C11H22N2O/c1-3-13(4-2)11(14)8-10-6-5-7-12-9-10/h10,12H,3-9H2,1-2H3. The summed E-state index contributed by atoms with van der Waals surface area (Å²) in [6.45, 7) is 7.91. The summed E-state index contributed by atoms with van der Waals surface area (Å²) in [5.41, 5.74) is 0. The highest BCUT2D eigenvalue weighted by Crippen LogP contribution is 2.15. The van der Waals surface area contributed by atoms with E-state index in [0.29, 0.717) is 11.8 Å². The highest BCUT2D eigenvalue weighted by molar-refractivity contribution is 5.76. The highest BCUT2D eigenvalue weighted by atomic mass is 16.2. The average molecular weight is 198 g/mol. The number of nitrogens with one attached hydrogen (secondary N) is 1. The number of piperidine rings is 1. The summed E-state index contributed by atoms with van der Waals surface area (Å²) in [7, 11) is 0. The third kappa shape index (κ3) is 3.29. The van der Waals surface area contributed by atoms with Gasteiger partial charge in [0, 0.05) is 19.5 Å². The van der Waals surface area contributed by atoms with Gasteiger partial charge < -0.3 is 10.2 Å². The molecule has 1 N–H and O–H groups in total. The van der Waals surface area contributed by atoms with Crippen LogP contribution in [0.3, 0.4) is 0 Å². The predicted octanol–water partition coefficient (Wildman–Crippen LogP) is 1.24. The molecule has 1 saturated heterocycles. The fourth-order valence-electron chi connectivity index (χ4n) is 2.05. The van der Waals surface area contributed by atoms with E-state index in [2.05, 4.69) is 5.32 Å². The van der Waals surface area contributed by atoms with Crippen molar-refractivity contribution >= 4 is 5.91 Å². The molecule has 1 heterocycles. The van der Waals surface area contributed by atoms with E-state index < -0.39 is 0 Å². The molecule has 0 aromatic carbocycles. The summed E-state index contributed by atoms with van der Waals surface area (Å²) in [6.07, 6.45) is 3.16.